The number of aromatic nitrogens is 2. The molecule has 1 aromatic rings. The molecule has 6 heteroatoms. The van der Waals surface area contributed by atoms with Crippen LogP contribution in [0.1, 0.15) is 19.8 Å². The van der Waals surface area contributed by atoms with Gasteiger partial charge in [-0.2, -0.15) is 0 Å². The molecule has 0 spiro atoms. The van der Waals surface area contributed by atoms with E-state index < -0.39 is 0 Å². The Morgan fingerprint density at radius 1 is 1.24 bits per heavy atom. The molecule has 0 amide bonds. The predicted octanol–water partition coefficient (Wildman–Crippen LogP) is 0.0901. The minimum Gasteiger partial charge on any atom is -0.378 e. The summed E-state index contributed by atoms with van der Waals surface area (Å²) < 4.78 is 2.60. The van der Waals surface area contributed by atoms with Gasteiger partial charge in [-0.1, -0.05) is 0 Å². The van der Waals surface area contributed by atoms with Crippen LogP contribution in [0.2, 0.25) is 0 Å². The van der Waals surface area contributed by atoms with Gasteiger partial charge in [-0.15, -0.1) is 0 Å². The highest BCUT2D eigenvalue weighted by atomic mass is 16.2. The molecule has 0 unspecified atom stereocenters. The van der Waals surface area contributed by atoms with E-state index in [9.17, 15) is 9.59 Å². The Morgan fingerprint density at radius 3 is 2.41 bits per heavy atom. The zero-order valence-electron chi connectivity index (χ0n) is 10.4. The Morgan fingerprint density at radius 2 is 1.88 bits per heavy atom. The maximum atomic E-state index is 12.0. The van der Waals surface area contributed by atoms with E-state index in [1.165, 1.54) is 11.6 Å². The van der Waals surface area contributed by atoms with Gasteiger partial charge in [0.05, 0.1) is 0 Å². The van der Waals surface area contributed by atoms with Gasteiger partial charge in [0.15, 0.2) is 0 Å². The van der Waals surface area contributed by atoms with E-state index in [4.69, 9.17) is 0 Å². The van der Waals surface area contributed by atoms with Crippen LogP contribution in [0.5, 0.6) is 0 Å². The molecule has 0 bridgehead atoms. The third-order valence-electron chi connectivity index (χ3n) is 2.94. The maximum absolute atomic E-state index is 12.0. The smallest absolute Gasteiger partial charge is 0.332 e. The van der Waals surface area contributed by atoms with Gasteiger partial charge in [-0.3, -0.25) is 13.9 Å². The minimum absolute atomic E-state index is 0.280. The molecule has 1 heterocycles. The second-order valence-electron chi connectivity index (χ2n) is 4.38. The number of hydrogen-bond acceptors (Lipinski definition) is 4. The summed E-state index contributed by atoms with van der Waals surface area (Å²) in [5.74, 6) is 0.599. The first-order chi connectivity index (χ1) is 8.06. The molecular weight excluding hydrogens is 220 g/mol. The van der Waals surface area contributed by atoms with Gasteiger partial charge in [-0.25, -0.2) is 4.79 Å². The van der Waals surface area contributed by atoms with Gasteiger partial charge in [0.2, 0.25) is 0 Å². The summed E-state index contributed by atoms with van der Waals surface area (Å²) in [6, 6.07) is 0.394. The summed E-state index contributed by atoms with van der Waals surface area (Å²) in [5.41, 5.74) is -0.109. The molecular formula is C11H18N4O2. The van der Waals surface area contributed by atoms with E-state index in [0.29, 0.717) is 24.1 Å². The second kappa shape index (κ2) is 4.27. The number of anilines is 2. The van der Waals surface area contributed by atoms with Crippen molar-refractivity contribution in [2.24, 2.45) is 14.1 Å². The quantitative estimate of drug-likeness (QED) is 0.780. The predicted molar refractivity (Wildman–Crippen MR) is 67.7 cm³/mol. The van der Waals surface area contributed by atoms with Crippen molar-refractivity contribution in [3.8, 4) is 0 Å². The van der Waals surface area contributed by atoms with Gasteiger partial charge in [0.1, 0.15) is 11.5 Å². The molecule has 1 aromatic heterocycles. The molecule has 1 fully saturated rings. The highest BCUT2D eigenvalue weighted by Gasteiger charge is 2.25. The molecule has 2 N–H and O–H groups in total. The summed E-state index contributed by atoms with van der Waals surface area (Å²) in [4.78, 5) is 23.8. The van der Waals surface area contributed by atoms with Gasteiger partial charge >= 0.3 is 5.69 Å². The summed E-state index contributed by atoms with van der Waals surface area (Å²) in [5, 5.41) is 6.26. The lowest BCUT2D eigenvalue weighted by Gasteiger charge is -2.16. The van der Waals surface area contributed by atoms with E-state index >= 15 is 0 Å². The summed E-state index contributed by atoms with van der Waals surface area (Å²) in [6.07, 6.45) is 2.18. The summed E-state index contributed by atoms with van der Waals surface area (Å²) in [6.45, 7) is 2.57. The van der Waals surface area contributed by atoms with Gasteiger partial charge in [0.25, 0.3) is 5.56 Å². The van der Waals surface area contributed by atoms with Crippen LogP contribution in [0.15, 0.2) is 9.59 Å². The zero-order valence-corrected chi connectivity index (χ0v) is 10.4. The average molecular weight is 238 g/mol. The minimum atomic E-state index is -0.306. The standard InChI is InChI=1S/C11H18N4O2/c1-4-12-8-9(13-7-5-6-7)14(2)11(17)15(3)10(8)16/h7,12-13H,4-6H2,1-3H3. The Hall–Kier alpha value is -1.72. The van der Waals surface area contributed by atoms with Crippen molar-refractivity contribution in [2.75, 3.05) is 17.2 Å². The lowest BCUT2D eigenvalue weighted by atomic mass is 10.4. The fourth-order valence-corrected chi connectivity index (χ4v) is 1.77. The van der Waals surface area contributed by atoms with Crippen LogP contribution in [0, 0.1) is 0 Å². The molecule has 6 nitrogen and oxygen atoms in total. The molecule has 0 radical (unpaired) electrons. The van der Waals surface area contributed by atoms with Crippen molar-refractivity contribution < 1.29 is 0 Å². The van der Waals surface area contributed by atoms with E-state index in [1.807, 2.05) is 6.92 Å². The molecule has 1 saturated carbocycles. The van der Waals surface area contributed by atoms with Crippen molar-refractivity contribution >= 4 is 11.5 Å². The first-order valence-corrected chi connectivity index (χ1v) is 5.86. The lowest BCUT2D eigenvalue weighted by Crippen LogP contribution is -2.40. The van der Waals surface area contributed by atoms with E-state index in [2.05, 4.69) is 10.6 Å². The molecule has 0 aromatic carbocycles. The Kier molecular flexibility index (Phi) is 2.95. The van der Waals surface area contributed by atoms with Crippen molar-refractivity contribution in [3.63, 3.8) is 0 Å². The van der Waals surface area contributed by atoms with Gasteiger partial charge in [0, 0.05) is 26.7 Å². The lowest BCUT2D eigenvalue weighted by molar-refractivity contribution is 0.690. The third kappa shape index (κ3) is 2.07. The Labute approximate surface area is 99.3 Å². The van der Waals surface area contributed by atoms with Crippen LogP contribution in [-0.2, 0) is 14.1 Å². The number of hydrogen-bond donors (Lipinski definition) is 2. The second-order valence-corrected chi connectivity index (χ2v) is 4.38. The van der Waals surface area contributed by atoms with Crippen LogP contribution >= 0.6 is 0 Å². The van der Waals surface area contributed by atoms with Gasteiger partial charge in [-0.05, 0) is 19.8 Å². The normalized spacial score (nSPS) is 14.8. The monoisotopic (exact) mass is 238 g/mol. The largest absolute Gasteiger partial charge is 0.378 e. The molecule has 0 saturated heterocycles. The highest BCUT2D eigenvalue weighted by Crippen LogP contribution is 2.26. The fourth-order valence-electron chi connectivity index (χ4n) is 1.77. The fraction of sp³-hybridized carbons (Fsp3) is 0.636. The molecule has 1 aliphatic rings. The van der Waals surface area contributed by atoms with Crippen molar-refractivity contribution in [3.05, 3.63) is 20.8 Å². The number of rotatable bonds is 4. The van der Waals surface area contributed by atoms with Crippen LogP contribution in [0.25, 0.3) is 0 Å². The molecule has 0 atom stereocenters. The first-order valence-electron chi connectivity index (χ1n) is 5.86. The van der Waals surface area contributed by atoms with Crippen LogP contribution in [0.4, 0.5) is 11.5 Å². The van der Waals surface area contributed by atoms with Crippen molar-refractivity contribution in [2.45, 2.75) is 25.8 Å². The Balaban J connectivity index is 2.59. The van der Waals surface area contributed by atoms with Gasteiger partial charge < -0.3 is 10.6 Å². The van der Waals surface area contributed by atoms with Crippen molar-refractivity contribution in [1.82, 2.24) is 9.13 Å². The van der Waals surface area contributed by atoms with E-state index in [0.717, 1.165) is 17.4 Å². The topological polar surface area (TPSA) is 68.1 Å². The Bertz CT molecular complexity index is 540. The van der Waals surface area contributed by atoms with E-state index in [1.54, 1.807) is 7.05 Å². The summed E-state index contributed by atoms with van der Waals surface area (Å²) in [7, 11) is 3.17. The average Bonchev–Trinajstić information content (AvgIpc) is 3.12. The maximum Gasteiger partial charge on any atom is 0.332 e. The number of nitrogens with zero attached hydrogens (tertiary/aromatic N) is 2. The molecule has 1 aliphatic carbocycles. The van der Waals surface area contributed by atoms with Crippen LogP contribution < -0.4 is 21.9 Å². The first kappa shape index (κ1) is 11.8. The zero-order chi connectivity index (χ0) is 12.6. The van der Waals surface area contributed by atoms with E-state index in [-0.39, 0.29) is 11.2 Å². The molecule has 0 aliphatic heterocycles. The highest BCUT2D eigenvalue weighted by molar-refractivity contribution is 5.64. The summed E-state index contributed by atoms with van der Waals surface area (Å²) >= 11 is 0. The molecule has 2 rings (SSSR count). The van der Waals surface area contributed by atoms with Crippen molar-refractivity contribution in [1.29, 1.82) is 0 Å². The number of nitrogens with one attached hydrogen (secondary N) is 2. The molecule has 17 heavy (non-hydrogen) atoms. The van der Waals surface area contributed by atoms with Crippen LogP contribution in [-0.4, -0.2) is 21.7 Å². The SMILES string of the molecule is CCNc1c(NC2CC2)n(C)c(=O)n(C)c1=O. The van der Waals surface area contributed by atoms with Crippen LogP contribution in [0.3, 0.4) is 0 Å². The third-order valence-corrected chi connectivity index (χ3v) is 2.94. The molecule has 94 valence electrons.